The average Bonchev–Trinajstić information content (AvgIpc) is 2.93. The standard InChI is InChI=1S/C33H21N/c1-2-11-26-25(8-1)20-34-21-33(26)24-10-7-9-22(18-24)23-16-17-31-29-14-4-3-12-27(29)28-13-5-6-15-30(28)32(31)19-23/h1-21H. The van der Waals surface area contributed by atoms with E-state index in [4.69, 9.17) is 0 Å². The molecule has 0 saturated heterocycles. The van der Waals surface area contributed by atoms with Crippen LogP contribution < -0.4 is 0 Å². The second-order valence-corrected chi connectivity index (χ2v) is 8.84. The minimum Gasteiger partial charge on any atom is -0.263 e. The van der Waals surface area contributed by atoms with Crippen LogP contribution in [0.4, 0.5) is 0 Å². The Labute approximate surface area is 197 Å². The van der Waals surface area contributed by atoms with Crippen molar-refractivity contribution in [1.29, 1.82) is 0 Å². The van der Waals surface area contributed by atoms with Crippen LogP contribution in [0, 0.1) is 0 Å². The van der Waals surface area contributed by atoms with Crippen LogP contribution in [0.2, 0.25) is 0 Å². The van der Waals surface area contributed by atoms with Crippen molar-refractivity contribution in [3.05, 3.63) is 128 Å². The maximum absolute atomic E-state index is 4.50. The van der Waals surface area contributed by atoms with Gasteiger partial charge in [-0.1, -0.05) is 103 Å². The number of pyridine rings is 1. The van der Waals surface area contributed by atoms with E-state index in [1.807, 2.05) is 12.4 Å². The summed E-state index contributed by atoms with van der Waals surface area (Å²) in [6, 6.07) is 41.6. The molecule has 6 aromatic carbocycles. The normalized spacial score (nSPS) is 11.5. The van der Waals surface area contributed by atoms with Gasteiger partial charge in [-0.05, 0) is 66.5 Å². The molecule has 0 fully saturated rings. The third kappa shape index (κ3) is 2.91. The Balaban J connectivity index is 1.46. The first-order valence-electron chi connectivity index (χ1n) is 11.6. The first-order chi connectivity index (χ1) is 16.9. The molecule has 1 heterocycles. The Morgan fingerprint density at radius 1 is 0.353 bits per heavy atom. The fraction of sp³-hybridized carbons (Fsp3) is 0. The van der Waals surface area contributed by atoms with E-state index in [-0.39, 0.29) is 0 Å². The van der Waals surface area contributed by atoms with Gasteiger partial charge in [0.05, 0.1) is 0 Å². The molecule has 0 radical (unpaired) electrons. The molecule has 0 bridgehead atoms. The van der Waals surface area contributed by atoms with Crippen molar-refractivity contribution in [3.8, 4) is 22.3 Å². The molecule has 0 amide bonds. The third-order valence-electron chi connectivity index (χ3n) is 6.92. The van der Waals surface area contributed by atoms with Crippen molar-refractivity contribution >= 4 is 43.1 Å². The lowest BCUT2D eigenvalue weighted by Gasteiger charge is -2.13. The van der Waals surface area contributed by atoms with Gasteiger partial charge < -0.3 is 0 Å². The Bertz CT molecular complexity index is 1820. The van der Waals surface area contributed by atoms with Gasteiger partial charge in [-0.15, -0.1) is 0 Å². The molecule has 1 aromatic heterocycles. The molecule has 0 aliphatic rings. The van der Waals surface area contributed by atoms with E-state index in [1.165, 1.54) is 54.4 Å². The van der Waals surface area contributed by atoms with E-state index in [1.54, 1.807) is 0 Å². The molecule has 7 rings (SSSR count). The van der Waals surface area contributed by atoms with Crippen molar-refractivity contribution in [2.45, 2.75) is 0 Å². The summed E-state index contributed by atoms with van der Waals surface area (Å²) in [6.07, 6.45) is 3.91. The molecule has 0 N–H and O–H groups in total. The fourth-order valence-electron chi connectivity index (χ4n) is 5.30. The highest BCUT2D eigenvalue weighted by atomic mass is 14.6. The fourth-order valence-corrected chi connectivity index (χ4v) is 5.30. The zero-order valence-electron chi connectivity index (χ0n) is 18.6. The summed E-state index contributed by atoms with van der Waals surface area (Å²) >= 11 is 0. The largest absolute Gasteiger partial charge is 0.263 e. The van der Waals surface area contributed by atoms with Gasteiger partial charge in [-0.25, -0.2) is 0 Å². The van der Waals surface area contributed by atoms with Crippen LogP contribution in [-0.2, 0) is 0 Å². The minimum absolute atomic E-state index is 1.16. The van der Waals surface area contributed by atoms with Gasteiger partial charge in [0.15, 0.2) is 0 Å². The first kappa shape index (κ1) is 19.0. The molecular weight excluding hydrogens is 410 g/mol. The van der Waals surface area contributed by atoms with Crippen molar-refractivity contribution in [2.24, 2.45) is 0 Å². The van der Waals surface area contributed by atoms with Crippen LogP contribution in [0.15, 0.2) is 128 Å². The molecule has 0 saturated carbocycles. The first-order valence-corrected chi connectivity index (χ1v) is 11.6. The lowest BCUT2D eigenvalue weighted by Crippen LogP contribution is -1.87. The van der Waals surface area contributed by atoms with E-state index in [9.17, 15) is 0 Å². The average molecular weight is 432 g/mol. The lowest BCUT2D eigenvalue weighted by atomic mass is 9.91. The molecular formula is C33H21N. The molecule has 0 atom stereocenters. The highest BCUT2D eigenvalue weighted by molar-refractivity contribution is 6.25. The van der Waals surface area contributed by atoms with Crippen LogP contribution in [0.5, 0.6) is 0 Å². The molecule has 1 heteroatoms. The Hall–Kier alpha value is -4.49. The van der Waals surface area contributed by atoms with Gasteiger partial charge in [-0.3, -0.25) is 4.98 Å². The molecule has 0 aliphatic carbocycles. The lowest BCUT2D eigenvalue weighted by molar-refractivity contribution is 1.36. The predicted octanol–water partition coefficient (Wildman–Crippen LogP) is 9.03. The maximum Gasteiger partial charge on any atom is 0.0352 e. The number of hydrogen-bond acceptors (Lipinski definition) is 1. The van der Waals surface area contributed by atoms with Gasteiger partial charge in [-0.2, -0.15) is 0 Å². The number of hydrogen-bond donors (Lipinski definition) is 0. The Morgan fingerprint density at radius 3 is 1.65 bits per heavy atom. The van der Waals surface area contributed by atoms with E-state index >= 15 is 0 Å². The zero-order chi connectivity index (χ0) is 22.5. The topological polar surface area (TPSA) is 12.9 Å². The van der Waals surface area contributed by atoms with Crippen LogP contribution in [-0.4, -0.2) is 4.98 Å². The van der Waals surface area contributed by atoms with Gasteiger partial charge in [0.25, 0.3) is 0 Å². The minimum atomic E-state index is 1.16. The molecule has 0 spiro atoms. The summed E-state index contributed by atoms with van der Waals surface area (Å²) in [4.78, 5) is 4.50. The van der Waals surface area contributed by atoms with E-state index in [2.05, 4.69) is 120 Å². The number of fused-ring (bicyclic) bond motifs is 7. The summed E-state index contributed by atoms with van der Waals surface area (Å²) in [5.41, 5.74) is 4.79. The van der Waals surface area contributed by atoms with Crippen molar-refractivity contribution < 1.29 is 0 Å². The van der Waals surface area contributed by atoms with Crippen molar-refractivity contribution in [3.63, 3.8) is 0 Å². The van der Waals surface area contributed by atoms with Gasteiger partial charge in [0.1, 0.15) is 0 Å². The van der Waals surface area contributed by atoms with Gasteiger partial charge >= 0.3 is 0 Å². The molecule has 0 aliphatic heterocycles. The van der Waals surface area contributed by atoms with E-state index in [0.29, 0.717) is 0 Å². The molecule has 158 valence electrons. The highest BCUT2D eigenvalue weighted by Gasteiger charge is 2.10. The number of nitrogens with zero attached hydrogens (tertiary/aromatic N) is 1. The summed E-state index contributed by atoms with van der Waals surface area (Å²) < 4.78 is 0. The third-order valence-corrected chi connectivity index (χ3v) is 6.92. The molecule has 0 unspecified atom stereocenters. The molecule has 7 aromatic rings. The number of aromatic nitrogens is 1. The molecule has 34 heavy (non-hydrogen) atoms. The van der Waals surface area contributed by atoms with Crippen LogP contribution >= 0.6 is 0 Å². The highest BCUT2D eigenvalue weighted by Crippen LogP contribution is 2.38. The van der Waals surface area contributed by atoms with Crippen LogP contribution in [0.25, 0.3) is 65.3 Å². The smallest absolute Gasteiger partial charge is 0.0352 e. The monoisotopic (exact) mass is 431 g/mol. The zero-order valence-corrected chi connectivity index (χ0v) is 18.6. The Morgan fingerprint density at radius 2 is 0.912 bits per heavy atom. The van der Waals surface area contributed by atoms with Crippen LogP contribution in [0.3, 0.4) is 0 Å². The number of rotatable bonds is 2. The van der Waals surface area contributed by atoms with Crippen LogP contribution in [0.1, 0.15) is 0 Å². The van der Waals surface area contributed by atoms with E-state index in [0.717, 1.165) is 10.9 Å². The summed E-state index contributed by atoms with van der Waals surface area (Å²) in [6.45, 7) is 0. The van der Waals surface area contributed by atoms with E-state index < -0.39 is 0 Å². The summed E-state index contributed by atoms with van der Waals surface area (Å²) in [7, 11) is 0. The predicted molar refractivity (Wildman–Crippen MR) is 145 cm³/mol. The summed E-state index contributed by atoms with van der Waals surface area (Å²) in [5, 5.41) is 10.2. The van der Waals surface area contributed by atoms with Gasteiger partial charge in [0, 0.05) is 23.3 Å². The second kappa shape index (κ2) is 7.54. The van der Waals surface area contributed by atoms with Gasteiger partial charge in [0.2, 0.25) is 0 Å². The SMILES string of the molecule is c1cc(-c2ccc3c4ccccc4c4ccccc4c3c2)cc(-c2cncc3ccccc23)c1. The quantitative estimate of drug-likeness (QED) is 0.249. The van der Waals surface area contributed by atoms with Crippen molar-refractivity contribution in [2.75, 3.05) is 0 Å². The Kier molecular flexibility index (Phi) is 4.22. The van der Waals surface area contributed by atoms with Crippen molar-refractivity contribution in [1.82, 2.24) is 4.98 Å². The maximum atomic E-state index is 4.50. The summed E-state index contributed by atoms with van der Waals surface area (Å²) in [5.74, 6) is 0. The second-order valence-electron chi connectivity index (χ2n) is 8.84. The molecule has 1 nitrogen and oxygen atoms in total. The number of benzene rings is 6.